The summed E-state index contributed by atoms with van der Waals surface area (Å²) in [4.78, 5) is 4.29. The van der Waals surface area contributed by atoms with Crippen LogP contribution in [0.4, 0.5) is 11.5 Å². The minimum atomic E-state index is -0.209. The number of methoxy groups -OCH3 is 1. The number of nitrogens with one attached hydrogen (secondary N) is 1. The first-order chi connectivity index (χ1) is 9.06. The molecule has 0 spiro atoms. The van der Waals surface area contributed by atoms with Crippen molar-refractivity contribution in [3.05, 3.63) is 12.1 Å². The lowest BCUT2D eigenvalue weighted by Crippen LogP contribution is -2.29. The fraction of sp³-hybridized carbons (Fsp3) is 0.615. The highest BCUT2D eigenvalue weighted by molar-refractivity contribution is 5.53. The summed E-state index contributed by atoms with van der Waals surface area (Å²) < 4.78 is 10.5. The average molecular weight is 269 g/mol. The molecule has 1 aromatic heterocycles. The van der Waals surface area contributed by atoms with Gasteiger partial charge in [0.2, 0.25) is 5.88 Å². The third-order valence-corrected chi connectivity index (χ3v) is 2.38. The summed E-state index contributed by atoms with van der Waals surface area (Å²) in [6.45, 7) is 5.02. The highest BCUT2D eigenvalue weighted by Crippen LogP contribution is 2.21. The average Bonchev–Trinajstić information content (AvgIpc) is 2.38. The Hall–Kier alpha value is -1.53. The zero-order chi connectivity index (χ0) is 14.3. The summed E-state index contributed by atoms with van der Waals surface area (Å²) in [5.74, 6) is 1.41. The molecule has 0 saturated carbocycles. The number of rotatable bonds is 8. The summed E-state index contributed by atoms with van der Waals surface area (Å²) in [5.41, 5.74) is 6.31. The molecule has 1 aromatic rings. The zero-order valence-electron chi connectivity index (χ0n) is 11.7. The molecule has 0 aliphatic heterocycles. The highest BCUT2D eigenvalue weighted by Gasteiger charge is 2.10. The standard InChI is InChI=1S/C13H23N3O3/c1-9(2)7-19-13-11(14)4-5-12(16-13)15-10(6-17)8-18-3/h4-5,9-10,17H,6-8,14H2,1-3H3,(H,15,16). The maximum atomic E-state index is 9.19. The third-order valence-electron chi connectivity index (χ3n) is 2.38. The predicted octanol–water partition coefficient (Wildman–Crippen LogP) is 1.12. The summed E-state index contributed by atoms with van der Waals surface area (Å²) in [7, 11) is 1.58. The Morgan fingerprint density at radius 1 is 1.37 bits per heavy atom. The largest absolute Gasteiger partial charge is 0.476 e. The van der Waals surface area contributed by atoms with Crippen molar-refractivity contribution in [2.75, 3.05) is 38.0 Å². The van der Waals surface area contributed by atoms with Gasteiger partial charge in [-0.25, -0.2) is 0 Å². The molecular formula is C13H23N3O3. The molecule has 0 bridgehead atoms. The number of pyridine rings is 1. The van der Waals surface area contributed by atoms with Gasteiger partial charge in [-0.1, -0.05) is 13.8 Å². The number of hydrogen-bond acceptors (Lipinski definition) is 6. The van der Waals surface area contributed by atoms with Gasteiger partial charge in [0.25, 0.3) is 0 Å². The molecule has 0 radical (unpaired) electrons. The SMILES string of the molecule is COCC(CO)Nc1ccc(N)c(OCC(C)C)n1. The first-order valence-corrected chi connectivity index (χ1v) is 6.32. The molecule has 1 heterocycles. The highest BCUT2D eigenvalue weighted by atomic mass is 16.5. The van der Waals surface area contributed by atoms with Gasteiger partial charge in [0.15, 0.2) is 0 Å². The Bertz CT molecular complexity index is 385. The maximum Gasteiger partial charge on any atom is 0.239 e. The van der Waals surface area contributed by atoms with Crippen LogP contribution in [0, 0.1) is 5.92 Å². The maximum absolute atomic E-state index is 9.19. The fourth-order valence-electron chi connectivity index (χ4n) is 1.44. The number of aliphatic hydroxyl groups is 1. The lowest BCUT2D eigenvalue weighted by Gasteiger charge is -2.17. The zero-order valence-corrected chi connectivity index (χ0v) is 11.7. The number of aliphatic hydroxyl groups excluding tert-OH is 1. The number of anilines is 2. The number of aromatic nitrogens is 1. The number of hydrogen-bond donors (Lipinski definition) is 3. The van der Waals surface area contributed by atoms with E-state index in [0.717, 1.165) is 0 Å². The summed E-state index contributed by atoms with van der Waals surface area (Å²) >= 11 is 0. The number of nitrogens with two attached hydrogens (primary N) is 1. The van der Waals surface area contributed by atoms with Crippen molar-refractivity contribution in [1.82, 2.24) is 4.98 Å². The van der Waals surface area contributed by atoms with Crippen LogP contribution >= 0.6 is 0 Å². The Kier molecular flexibility index (Phi) is 6.38. The number of nitrogen functional groups attached to an aromatic ring is 1. The Morgan fingerprint density at radius 3 is 2.68 bits per heavy atom. The molecule has 108 valence electrons. The van der Waals surface area contributed by atoms with Gasteiger partial charge in [-0.15, -0.1) is 0 Å². The summed E-state index contributed by atoms with van der Waals surface area (Å²) in [6.07, 6.45) is 0. The van der Waals surface area contributed by atoms with Crippen LogP contribution in [0.1, 0.15) is 13.8 Å². The second-order valence-corrected chi connectivity index (χ2v) is 4.77. The van der Waals surface area contributed by atoms with E-state index in [9.17, 15) is 5.11 Å². The predicted molar refractivity (Wildman–Crippen MR) is 75.4 cm³/mol. The first-order valence-electron chi connectivity index (χ1n) is 6.32. The van der Waals surface area contributed by atoms with Gasteiger partial charge >= 0.3 is 0 Å². The molecule has 0 fully saturated rings. The molecule has 1 rings (SSSR count). The van der Waals surface area contributed by atoms with Gasteiger partial charge in [0, 0.05) is 7.11 Å². The molecule has 0 aromatic carbocycles. The minimum Gasteiger partial charge on any atom is -0.476 e. The van der Waals surface area contributed by atoms with Crippen molar-refractivity contribution in [2.24, 2.45) is 5.92 Å². The van der Waals surface area contributed by atoms with E-state index in [1.54, 1.807) is 19.2 Å². The lowest BCUT2D eigenvalue weighted by molar-refractivity contribution is 0.153. The van der Waals surface area contributed by atoms with Crippen LogP contribution in [0.2, 0.25) is 0 Å². The smallest absolute Gasteiger partial charge is 0.239 e. The van der Waals surface area contributed by atoms with E-state index < -0.39 is 0 Å². The molecule has 0 aliphatic rings. The monoisotopic (exact) mass is 269 g/mol. The molecule has 4 N–H and O–H groups in total. The van der Waals surface area contributed by atoms with Gasteiger partial charge in [0.1, 0.15) is 5.82 Å². The van der Waals surface area contributed by atoms with Crippen LogP contribution in [0.25, 0.3) is 0 Å². The normalized spacial score (nSPS) is 12.5. The summed E-state index contributed by atoms with van der Waals surface area (Å²) in [5, 5.41) is 12.3. The molecule has 0 saturated heterocycles. The van der Waals surface area contributed by atoms with Crippen molar-refractivity contribution in [3.63, 3.8) is 0 Å². The van der Waals surface area contributed by atoms with Crippen LogP contribution in [0.5, 0.6) is 5.88 Å². The molecule has 0 aliphatic carbocycles. The second kappa shape index (κ2) is 7.81. The Balaban J connectivity index is 2.71. The molecule has 1 atom stereocenters. The van der Waals surface area contributed by atoms with Gasteiger partial charge in [0.05, 0.1) is 31.5 Å². The second-order valence-electron chi connectivity index (χ2n) is 4.77. The van der Waals surface area contributed by atoms with Gasteiger partial charge in [-0.05, 0) is 18.1 Å². The van der Waals surface area contributed by atoms with Crippen LogP contribution in [0.3, 0.4) is 0 Å². The molecule has 6 heteroatoms. The van der Waals surface area contributed by atoms with Crippen LogP contribution < -0.4 is 15.8 Å². The van der Waals surface area contributed by atoms with E-state index in [1.807, 2.05) is 0 Å². The minimum absolute atomic E-state index is 0.0396. The van der Waals surface area contributed by atoms with Crippen molar-refractivity contribution in [2.45, 2.75) is 19.9 Å². The topological polar surface area (TPSA) is 89.6 Å². The Morgan fingerprint density at radius 2 is 2.11 bits per heavy atom. The van der Waals surface area contributed by atoms with Crippen molar-refractivity contribution < 1.29 is 14.6 Å². The van der Waals surface area contributed by atoms with Crippen LogP contribution in [-0.2, 0) is 4.74 Å². The quantitative estimate of drug-likeness (QED) is 0.655. The van der Waals surface area contributed by atoms with E-state index >= 15 is 0 Å². The van der Waals surface area contributed by atoms with Crippen LogP contribution in [0.15, 0.2) is 12.1 Å². The van der Waals surface area contributed by atoms with Crippen LogP contribution in [-0.4, -0.2) is 43.1 Å². The van der Waals surface area contributed by atoms with Gasteiger partial charge < -0.3 is 25.6 Å². The van der Waals surface area contributed by atoms with Gasteiger partial charge in [-0.3, -0.25) is 0 Å². The summed E-state index contributed by atoms with van der Waals surface area (Å²) in [6, 6.07) is 3.27. The molecule has 19 heavy (non-hydrogen) atoms. The number of ether oxygens (including phenoxy) is 2. The lowest BCUT2D eigenvalue weighted by atomic mass is 10.2. The Labute approximate surface area is 113 Å². The molecular weight excluding hydrogens is 246 g/mol. The first kappa shape index (κ1) is 15.5. The van der Waals surface area contributed by atoms with Crippen molar-refractivity contribution >= 4 is 11.5 Å². The van der Waals surface area contributed by atoms with E-state index in [-0.39, 0.29) is 12.6 Å². The molecule has 0 amide bonds. The molecule has 1 unspecified atom stereocenters. The number of nitrogens with zero attached hydrogens (tertiary/aromatic N) is 1. The fourth-order valence-corrected chi connectivity index (χ4v) is 1.44. The van der Waals surface area contributed by atoms with E-state index in [4.69, 9.17) is 15.2 Å². The third kappa shape index (κ3) is 5.32. The van der Waals surface area contributed by atoms with Crippen molar-refractivity contribution in [3.8, 4) is 5.88 Å². The van der Waals surface area contributed by atoms with E-state index in [0.29, 0.717) is 36.5 Å². The van der Waals surface area contributed by atoms with E-state index in [2.05, 4.69) is 24.1 Å². The van der Waals surface area contributed by atoms with Gasteiger partial charge in [-0.2, -0.15) is 4.98 Å². The molecule has 6 nitrogen and oxygen atoms in total. The van der Waals surface area contributed by atoms with E-state index in [1.165, 1.54) is 0 Å². The van der Waals surface area contributed by atoms with Crippen molar-refractivity contribution in [1.29, 1.82) is 0 Å².